The second-order valence-electron chi connectivity index (χ2n) is 5.37. The highest BCUT2D eigenvalue weighted by molar-refractivity contribution is 6.00. The molecule has 0 aromatic heterocycles. The van der Waals surface area contributed by atoms with Crippen LogP contribution in [-0.4, -0.2) is 19.3 Å². The van der Waals surface area contributed by atoms with Crippen LogP contribution in [0.1, 0.15) is 11.1 Å². The van der Waals surface area contributed by atoms with Crippen molar-refractivity contribution in [2.24, 2.45) is 0 Å². The van der Waals surface area contributed by atoms with Crippen LogP contribution in [0.4, 0.5) is 0 Å². The number of hydrogen-bond donors (Lipinski definition) is 1. The Morgan fingerprint density at radius 3 is 2.24 bits per heavy atom. The fourth-order valence-electron chi connectivity index (χ4n) is 2.68. The van der Waals surface area contributed by atoms with E-state index in [0.717, 1.165) is 16.3 Å². The molecule has 0 saturated carbocycles. The molecule has 3 aromatic rings. The van der Waals surface area contributed by atoms with Crippen LogP contribution in [-0.2, 0) is 9.47 Å². The largest absolute Gasteiger partial charge is 0.507 e. The number of rotatable bonds is 3. The molecule has 3 heteroatoms. The molecule has 0 bridgehead atoms. The first-order chi connectivity index (χ1) is 12.2. The lowest BCUT2D eigenvalue weighted by atomic mass is 9.97. The Morgan fingerprint density at radius 1 is 0.840 bits per heavy atom. The number of phenolic OH excluding ortho intramolecular Hbond substituents is 1. The normalized spacial score (nSPS) is 9.84. The summed E-state index contributed by atoms with van der Waals surface area (Å²) < 4.78 is 10.7. The molecule has 0 radical (unpaired) electrons. The maximum Gasteiger partial charge on any atom is 0.295 e. The zero-order valence-electron chi connectivity index (χ0n) is 14.1. The predicted molar refractivity (Wildman–Crippen MR) is 99.9 cm³/mol. The Bertz CT molecular complexity index is 970. The molecule has 3 aromatic carbocycles. The van der Waals surface area contributed by atoms with E-state index in [-0.39, 0.29) is 11.7 Å². The van der Waals surface area contributed by atoms with E-state index in [4.69, 9.17) is 9.47 Å². The van der Waals surface area contributed by atoms with Gasteiger partial charge in [-0.05, 0) is 29.0 Å². The number of methoxy groups -OCH3 is 2. The summed E-state index contributed by atoms with van der Waals surface area (Å²) >= 11 is 0. The minimum Gasteiger partial charge on any atom is -0.507 e. The minimum absolute atomic E-state index is 0.127. The van der Waals surface area contributed by atoms with E-state index in [0.29, 0.717) is 11.1 Å². The van der Waals surface area contributed by atoms with Gasteiger partial charge in [0.1, 0.15) is 11.3 Å². The Morgan fingerprint density at radius 2 is 1.52 bits per heavy atom. The van der Waals surface area contributed by atoms with Crippen LogP contribution in [0.25, 0.3) is 16.3 Å². The highest BCUT2D eigenvalue weighted by Crippen LogP contribution is 2.34. The van der Waals surface area contributed by atoms with Crippen molar-refractivity contribution in [3.63, 3.8) is 0 Å². The van der Waals surface area contributed by atoms with Gasteiger partial charge in [-0.2, -0.15) is 0 Å². The minimum atomic E-state index is 0.127. The quantitative estimate of drug-likeness (QED) is 0.565. The Labute approximate surface area is 147 Å². The third-order valence-electron chi connectivity index (χ3n) is 3.84. The van der Waals surface area contributed by atoms with Gasteiger partial charge in [0.05, 0.1) is 14.2 Å². The summed E-state index contributed by atoms with van der Waals surface area (Å²) in [5.74, 6) is 6.60. The summed E-state index contributed by atoms with van der Waals surface area (Å²) in [6, 6.07) is 21.0. The summed E-state index contributed by atoms with van der Waals surface area (Å²) in [7, 11) is 3.04. The van der Waals surface area contributed by atoms with E-state index in [1.54, 1.807) is 6.07 Å². The van der Waals surface area contributed by atoms with Crippen molar-refractivity contribution in [1.82, 2.24) is 0 Å². The first-order valence-electron chi connectivity index (χ1n) is 7.85. The number of benzene rings is 3. The summed E-state index contributed by atoms with van der Waals surface area (Å²) in [5, 5.41) is 12.4. The molecule has 0 amide bonds. The van der Waals surface area contributed by atoms with Gasteiger partial charge < -0.3 is 14.6 Å². The second kappa shape index (κ2) is 7.46. The molecule has 0 atom stereocenters. The molecule has 1 N–H and O–H groups in total. The molecular weight excluding hydrogens is 312 g/mol. The van der Waals surface area contributed by atoms with Crippen LogP contribution >= 0.6 is 0 Å². The van der Waals surface area contributed by atoms with Crippen LogP contribution in [0.5, 0.6) is 5.75 Å². The first kappa shape index (κ1) is 16.5. The lowest BCUT2D eigenvalue weighted by Gasteiger charge is -2.12. The van der Waals surface area contributed by atoms with E-state index < -0.39 is 0 Å². The van der Waals surface area contributed by atoms with Crippen molar-refractivity contribution < 1.29 is 14.6 Å². The van der Waals surface area contributed by atoms with Gasteiger partial charge >= 0.3 is 0 Å². The van der Waals surface area contributed by atoms with Gasteiger partial charge in [-0.1, -0.05) is 60.4 Å². The first-order valence-corrected chi connectivity index (χ1v) is 7.85. The number of phenols is 1. The van der Waals surface area contributed by atoms with Crippen LogP contribution in [0, 0.1) is 11.8 Å². The van der Waals surface area contributed by atoms with Crippen LogP contribution in [0.15, 0.2) is 72.7 Å². The van der Waals surface area contributed by atoms with Gasteiger partial charge in [0, 0.05) is 11.1 Å². The van der Waals surface area contributed by atoms with Gasteiger partial charge in [0.2, 0.25) is 0 Å². The number of fused-ring (bicyclic) bond motifs is 1. The monoisotopic (exact) mass is 330 g/mol. The molecule has 0 aliphatic rings. The summed E-state index contributed by atoms with van der Waals surface area (Å²) in [4.78, 5) is 0. The van der Waals surface area contributed by atoms with E-state index in [1.165, 1.54) is 14.2 Å². The van der Waals surface area contributed by atoms with Crippen LogP contribution in [0.3, 0.4) is 0 Å². The maximum absolute atomic E-state index is 10.5. The molecule has 0 unspecified atom stereocenters. The highest BCUT2D eigenvalue weighted by atomic mass is 16.7. The molecule has 0 aliphatic heterocycles. The summed E-state index contributed by atoms with van der Waals surface area (Å²) in [5.41, 5.74) is 1.97. The molecule has 0 heterocycles. The van der Waals surface area contributed by atoms with Crippen molar-refractivity contribution >= 4 is 16.3 Å². The van der Waals surface area contributed by atoms with Gasteiger partial charge in [-0.25, -0.2) is 0 Å². The zero-order valence-corrected chi connectivity index (χ0v) is 14.1. The molecule has 3 rings (SSSR count). The average molecular weight is 330 g/mol. The van der Waals surface area contributed by atoms with Gasteiger partial charge in [0.25, 0.3) is 5.95 Å². The number of aromatic hydroxyl groups is 1. The van der Waals surface area contributed by atoms with E-state index in [1.807, 2.05) is 60.7 Å². The third kappa shape index (κ3) is 3.44. The number of ether oxygens (including phenoxy) is 2. The van der Waals surface area contributed by atoms with Crippen molar-refractivity contribution in [2.75, 3.05) is 14.2 Å². The van der Waals surface area contributed by atoms with Crippen molar-refractivity contribution in [1.29, 1.82) is 0 Å². The molecule has 0 fully saturated rings. The fraction of sp³-hybridized carbons (Fsp3) is 0.0909. The van der Waals surface area contributed by atoms with E-state index >= 15 is 0 Å². The predicted octanol–water partition coefficient (Wildman–Crippen LogP) is 4.56. The molecular formula is C22H18O3. The van der Waals surface area contributed by atoms with Gasteiger partial charge in [-0.15, -0.1) is 0 Å². The SMILES string of the molecule is COC(OC)=C(C#Cc1ccccc1)c1c(O)ccc2ccccc12. The standard InChI is InChI=1S/C22H18O3/c1-24-22(25-2)19(14-12-16-8-4-3-5-9-16)21-18-11-7-6-10-17(18)13-15-20(21)23/h3-11,13,15,23H,1-2H3. The Balaban J connectivity index is 2.26. The van der Waals surface area contributed by atoms with Crippen LogP contribution < -0.4 is 0 Å². The third-order valence-corrected chi connectivity index (χ3v) is 3.84. The van der Waals surface area contributed by atoms with Crippen LogP contribution in [0.2, 0.25) is 0 Å². The molecule has 3 nitrogen and oxygen atoms in total. The van der Waals surface area contributed by atoms with E-state index in [2.05, 4.69) is 11.8 Å². The Hall–Kier alpha value is -3.38. The average Bonchev–Trinajstić information content (AvgIpc) is 2.66. The molecule has 124 valence electrons. The van der Waals surface area contributed by atoms with Crippen molar-refractivity contribution in [3.8, 4) is 17.6 Å². The summed E-state index contributed by atoms with van der Waals surface area (Å²) in [6.45, 7) is 0. The fourth-order valence-corrected chi connectivity index (χ4v) is 2.68. The van der Waals surface area contributed by atoms with Crippen molar-refractivity contribution in [3.05, 3.63) is 83.8 Å². The number of hydrogen-bond acceptors (Lipinski definition) is 3. The molecule has 0 saturated heterocycles. The topological polar surface area (TPSA) is 38.7 Å². The molecule has 25 heavy (non-hydrogen) atoms. The lowest BCUT2D eigenvalue weighted by Crippen LogP contribution is -1.97. The maximum atomic E-state index is 10.5. The van der Waals surface area contributed by atoms with Crippen molar-refractivity contribution in [2.45, 2.75) is 0 Å². The van der Waals surface area contributed by atoms with Gasteiger partial charge in [0.15, 0.2) is 0 Å². The van der Waals surface area contributed by atoms with Gasteiger partial charge in [-0.3, -0.25) is 0 Å². The lowest BCUT2D eigenvalue weighted by molar-refractivity contribution is 0.0986. The highest BCUT2D eigenvalue weighted by Gasteiger charge is 2.16. The molecule has 0 spiro atoms. The second-order valence-corrected chi connectivity index (χ2v) is 5.37. The smallest absolute Gasteiger partial charge is 0.295 e. The van der Waals surface area contributed by atoms with E-state index in [9.17, 15) is 5.11 Å². The Kier molecular flexibility index (Phi) is 4.92. The number of allylic oxidation sites excluding steroid dienone is 1. The zero-order chi connectivity index (χ0) is 17.6. The summed E-state index contributed by atoms with van der Waals surface area (Å²) in [6.07, 6.45) is 0. The molecule has 0 aliphatic carbocycles.